The number of carbonyl (C=O) groups is 2. The summed E-state index contributed by atoms with van der Waals surface area (Å²) in [5.74, 6) is -0.559. The highest BCUT2D eigenvalue weighted by atomic mass is 32.2. The molecule has 1 aromatic rings. The Kier molecular flexibility index (Phi) is 4.62. The molecule has 1 aliphatic rings. The van der Waals surface area contributed by atoms with E-state index >= 15 is 0 Å². The highest BCUT2D eigenvalue weighted by Gasteiger charge is 2.17. The lowest BCUT2D eigenvalue weighted by Crippen LogP contribution is -2.37. The van der Waals surface area contributed by atoms with Gasteiger partial charge in [0, 0.05) is 31.2 Å². The number of amidine groups is 1. The monoisotopic (exact) mass is 292 g/mol. The molecule has 0 aliphatic carbocycles. The average molecular weight is 292 g/mol. The average Bonchev–Trinajstić information content (AvgIpc) is 2.92. The molecule has 0 bridgehead atoms. The van der Waals surface area contributed by atoms with Crippen molar-refractivity contribution in [3.05, 3.63) is 24.3 Å². The zero-order valence-electron chi connectivity index (χ0n) is 11.3. The number of anilines is 2. The zero-order chi connectivity index (χ0) is 14.5. The zero-order valence-corrected chi connectivity index (χ0v) is 12.2. The summed E-state index contributed by atoms with van der Waals surface area (Å²) < 4.78 is 0. The lowest BCUT2D eigenvalue weighted by molar-refractivity contribution is -0.135. The van der Waals surface area contributed by atoms with Gasteiger partial charge >= 0.3 is 11.8 Å². The van der Waals surface area contributed by atoms with Crippen molar-refractivity contribution in [2.45, 2.75) is 0 Å². The molecule has 1 aromatic carbocycles. The Morgan fingerprint density at radius 1 is 1.15 bits per heavy atom. The number of carbonyl (C=O) groups excluding carboxylic acids is 2. The predicted octanol–water partition coefficient (Wildman–Crippen LogP) is 0.910. The Morgan fingerprint density at radius 2 is 1.80 bits per heavy atom. The Bertz CT molecular complexity index is 540. The van der Waals surface area contributed by atoms with Gasteiger partial charge in [0.2, 0.25) is 0 Å². The molecular weight excluding hydrogens is 276 g/mol. The van der Waals surface area contributed by atoms with Crippen molar-refractivity contribution in [3.8, 4) is 0 Å². The molecule has 2 N–H and O–H groups in total. The van der Waals surface area contributed by atoms with E-state index in [0.717, 1.165) is 11.4 Å². The van der Waals surface area contributed by atoms with E-state index in [1.54, 1.807) is 12.1 Å². The van der Waals surface area contributed by atoms with Gasteiger partial charge in [0.15, 0.2) is 5.17 Å². The number of amides is 2. The molecule has 0 aromatic heterocycles. The van der Waals surface area contributed by atoms with E-state index in [4.69, 9.17) is 0 Å². The van der Waals surface area contributed by atoms with Crippen LogP contribution in [-0.4, -0.2) is 43.4 Å². The smallest absolute Gasteiger partial charge is 0.315 e. The molecule has 106 valence electrons. The summed E-state index contributed by atoms with van der Waals surface area (Å²) in [6.45, 7) is 0.675. The van der Waals surface area contributed by atoms with Crippen LogP contribution in [0.25, 0.3) is 0 Å². The van der Waals surface area contributed by atoms with Gasteiger partial charge in [-0.05, 0) is 24.3 Å². The molecular formula is C13H16N4O2S. The minimum atomic E-state index is -0.699. The maximum absolute atomic E-state index is 11.7. The minimum Gasteiger partial charge on any atom is -0.378 e. The minimum absolute atomic E-state index is 0.508. The number of benzene rings is 1. The third-order valence-electron chi connectivity index (χ3n) is 2.65. The Hall–Kier alpha value is -2.02. The Labute approximate surface area is 121 Å². The van der Waals surface area contributed by atoms with Gasteiger partial charge < -0.3 is 10.2 Å². The summed E-state index contributed by atoms with van der Waals surface area (Å²) >= 11 is 1.43. The second kappa shape index (κ2) is 6.42. The number of rotatable bonds is 2. The summed E-state index contributed by atoms with van der Waals surface area (Å²) in [4.78, 5) is 29.4. The third kappa shape index (κ3) is 3.74. The Morgan fingerprint density at radius 3 is 2.35 bits per heavy atom. The van der Waals surface area contributed by atoms with Gasteiger partial charge in [-0.1, -0.05) is 11.8 Å². The number of hydrogen-bond acceptors (Lipinski definition) is 5. The maximum Gasteiger partial charge on any atom is 0.315 e. The molecule has 6 nitrogen and oxygen atoms in total. The van der Waals surface area contributed by atoms with Crippen molar-refractivity contribution < 1.29 is 9.59 Å². The van der Waals surface area contributed by atoms with Gasteiger partial charge in [-0.3, -0.25) is 19.9 Å². The summed E-state index contributed by atoms with van der Waals surface area (Å²) in [6.07, 6.45) is 0. The van der Waals surface area contributed by atoms with Gasteiger partial charge in [0.05, 0.1) is 6.54 Å². The molecule has 0 unspecified atom stereocenters. The van der Waals surface area contributed by atoms with Crippen LogP contribution in [0.4, 0.5) is 11.4 Å². The second-order valence-corrected chi connectivity index (χ2v) is 5.47. The third-order valence-corrected chi connectivity index (χ3v) is 3.55. The first kappa shape index (κ1) is 14.4. The highest BCUT2D eigenvalue weighted by Crippen LogP contribution is 2.15. The first-order chi connectivity index (χ1) is 9.56. The molecule has 1 heterocycles. The van der Waals surface area contributed by atoms with Crippen LogP contribution in [0.2, 0.25) is 0 Å². The van der Waals surface area contributed by atoms with Gasteiger partial charge in [-0.2, -0.15) is 0 Å². The SMILES string of the molecule is CN(C)c1ccc(NC(=O)C(=O)NC2=NCCS2)cc1. The van der Waals surface area contributed by atoms with E-state index < -0.39 is 11.8 Å². The van der Waals surface area contributed by atoms with Crippen LogP contribution in [0.1, 0.15) is 0 Å². The number of nitrogens with zero attached hydrogens (tertiary/aromatic N) is 2. The van der Waals surface area contributed by atoms with Crippen LogP contribution in [0.5, 0.6) is 0 Å². The number of hydrogen-bond donors (Lipinski definition) is 2. The van der Waals surface area contributed by atoms with Gasteiger partial charge in [0.1, 0.15) is 0 Å². The fourth-order valence-corrected chi connectivity index (χ4v) is 2.32. The quantitative estimate of drug-likeness (QED) is 0.795. The summed E-state index contributed by atoms with van der Waals surface area (Å²) in [5.41, 5.74) is 1.60. The standard InChI is InChI=1S/C13H16N4O2S/c1-17(2)10-5-3-9(4-6-10)15-11(18)12(19)16-13-14-7-8-20-13/h3-6H,7-8H2,1-2H3,(H,15,18)(H,14,16,19). The van der Waals surface area contributed by atoms with Crippen LogP contribution in [0, 0.1) is 0 Å². The summed E-state index contributed by atoms with van der Waals surface area (Å²) in [6, 6.07) is 7.24. The van der Waals surface area contributed by atoms with Crippen molar-refractivity contribution in [3.63, 3.8) is 0 Å². The van der Waals surface area contributed by atoms with Gasteiger partial charge in [-0.25, -0.2) is 0 Å². The molecule has 0 saturated carbocycles. The lowest BCUT2D eigenvalue weighted by atomic mass is 10.2. The molecule has 0 saturated heterocycles. The lowest BCUT2D eigenvalue weighted by Gasteiger charge is -2.13. The van der Waals surface area contributed by atoms with E-state index in [0.29, 0.717) is 17.4 Å². The van der Waals surface area contributed by atoms with E-state index in [2.05, 4.69) is 15.6 Å². The van der Waals surface area contributed by atoms with Gasteiger partial charge in [0.25, 0.3) is 0 Å². The van der Waals surface area contributed by atoms with E-state index in [9.17, 15) is 9.59 Å². The number of thioether (sulfide) groups is 1. The van der Waals surface area contributed by atoms with Crippen molar-refractivity contribution in [1.29, 1.82) is 0 Å². The molecule has 1 aliphatic heterocycles. The maximum atomic E-state index is 11.7. The van der Waals surface area contributed by atoms with E-state index in [-0.39, 0.29) is 0 Å². The fourth-order valence-electron chi connectivity index (χ4n) is 1.60. The van der Waals surface area contributed by atoms with Crippen LogP contribution in [-0.2, 0) is 9.59 Å². The summed E-state index contributed by atoms with van der Waals surface area (Å²) in [7, 11) is 3.86. The number of nitrogens with one attached hydrogen (secondary N) is 2. The molecule has 0 atom stereocenters. The normalized spacial score (nSPS) is 13.6. The molecule has 2 rings (SSSR count). The van der Waals surface area contributed by atoms with Crippen molar-refractivity contribution in [2.75, 3.05) is 36.6 Å². The molecule has 0 spiro atoms. The molecule has 20 heavy (non-hydrogen) atoms. The second-order valence-electron chi connectivity index (χ2n) is 4.38. The van der Waals surface area contributed by atoms with Crippen LogP contribution >= 0.6 is 11.8 Å². The topological polar surface area (TPSA) is 73.8 Å². The molecule has 2 amide bonds. The fraction of sp³-hybridized carbons (Fsp3) is 0.308. The summed E-state index contributed by atoms with van der Waals surface area (Å²) in [5, 5.41) is 5.54. The predicted molar refractivity (Wildman–Crippen MR) is 82.3 cm³/mol. The number of aliphatic imine (C=N–C) groups is 1. The van der Waals surface area contributed by atoms with Crippen LogP contribution < -0.4 is 15.5 Å². The van der Waals surface area contributed by atoms with Gasteiger partial charge in [-0.15, -0.1) is 0 Å². The van der Waals surface area contributed by atoms with E-state index in [1.165, 1.54) is 11.8 Å². The van der Waals surface area contributed by atoms with E-state index in [1.807, 2.05) is 31.1 Å². The molecule has 0 radical (unpaired) electrons. The first-order valence-electron chi connectivity index (χ1n) is 6.13. The van der Waals surface area contributed by atoms with Crippen molar-refractivity contribution >= 4 is 40.1 Å². The molecule has 7 heteroatoms. The van der Waals surface area contributed by atoms with Crippen molar-refractivity contribution in [2.24, 2.45) is 4.99 Å². The van der Waals surface area contributed by atoms with Crippen LogP contribution in [0.15, 0.2) is 29.3 Å². The highest BCUT2D eigenvalue weighted by molar-refractivity contribution is 8.14. The van der Waals surface area contributed by atoms with Crippen molar-refractivity contribution in [1.82, 2.24) is 5.32 Å². The Balaban J connectivity index is 1.91. The van der Waals surface area contributed by atoms with Crippen LogP contribution in [0.3, 0.4) is 0 Å². The first-order valence-corrected chi connectivity index (χ1v) is 7.12. The molecule has 0 fully saturated rings. The largest absolute Gasteiger partial charge is 0.378 e.